The highest BCUT2D eigenvalue weighted by atomic mass is 35.5. The molecule has 0 aliphatic rings. The Hall–Kier alpha value is -2.80. The third-order valence-electron chi connectivity index (χ3n) is 3.62. The van der Waals surface area contributed by atoms with Gasteiger partial charge in [0.25, 0.3) is 5.69 Å². The van der Waals surface area contributed by atoms with E-state index in [1.54, 1.807) is 12.1 Å². The number of anilines is 1. The normalized spacial score (nSPS) is 10.3. The average Bonchev–Trinajstić information content (AvgIpc) is 2.61. The van der Waals surface area contributed by atoms with Gasteiger partial charge in [0.1, 0.15) is 11.5 Å². The van der Waals surface area contributed by atoms with Crippen LogP contribution in [0.3, 0.4) is 0 Å². The second kappa shape index (κ2) is 9.05. The molecule has 7 nitrogen and oxygen atoms in total. The summed E-state index contributed by atoms with van der Waals surface area (Å²) in [7, 11) is 1.39. The molecule has 2 aromatic rings. The van der Waals surface area contributed by atoms with Crippen molar-refractivity contribution in [2.75, 3.05) is 19.0 Å². The first-order valence-electron chi connectivity index (χ1n) is 7.92. The Balaban J connectivity index is 1.83. The number of nitrogens with zero attached hydrogens (tertiary/aromatic N) is 1. The van der Waals surface area contributed by atoms with E-state index < -0.39 is 4.92 Å². The number of nitro benzene ring substituents is 1. The Bertz CT molecular complexity index is 810. The molecule has 0 radical (unpaired) electrons. The fourth-order valence-corrected chi connectivity index (χ4v) is 2.36. The molecule has 1 N–H and O–H groups in total. The number of hydrogen-bond donors (Lipinski definition) is 1. The van der Waals surface area contributed by atoms with Crippen LogP contribution in [0, 0.1) is 17.0 Å². The van der Waals surface area contributed by atoms with Gasteiger partial charge in [-0.05, 0) is 43.2 Å². The van der Waals surface area contributed by atoms with Crippen LogP contribution < -0.4 is 14.8 Å². The van der Waals surface area contributed by atoms with Crippen LogP contribution in [-0.4, -0.2) is 24.5 Å². The van der Waals surface area contributed by atoms with E-state index in [0.29, 0.717) is 29.5 Å². The van der Waals surface area contributed by atoms with Crippen molar-refractivity contribution in [3.63, 3.8) is 0 Å². The summed E-state index contributed by atoms with van der Waals surface area (Å²) >= 11 is 5.96. The van der Waals surface area contributed by atoms with Crippen LogP contribution in [0.25, 0.3) is 0 Å². The zero-order chi connectivity index (χ0) is 19.1. The number of rotatable bonds is 8. The highest BCUT2D eigenvalue weighted by Gasteiger charge is 2.13. The third kappa shape index (κ3) is 5.35. The number of non-ortho nitro benzene ring substituents is 1. The van der Waals surface area contributed by atoms with Gasteiger partial charge in [-0.3, -0.25) is 14.9 Å². The van der Waals surface area contributed by atoms with Crippen molar-refractivity contribution in [3.8, 4) is 11.5 Å². The highest BCUT2D eigenvalue weighted by Crippen LogP contribution is 2.29. The quantitative estimate of drug-likeness (QED) is 0.418. The lowest BCUT2D eigenvalue weighted by molar-refractivity contribution is -0.384. The van der Waals surface area contributed by atoms with Crippen LogP contribution in [-0.2, 0) is 4.79 Å². The maximum Gasteiger partial charge on any atom is 0.273 e. The van der Waals surface area contributed by atoms with Gasteiger partial charge >= 0.3 is 0 Å². The second-order valence-corrected chi connectivity index (χ2v) is 5.96. The van der Waals surface area contributed by atoms with Gasteiger partial charge in [0, 0.05) is 17.5 Å². The molecule has 0 aromatic heterocycles. The molecule has 0 saturated heterocycles. The summed E-state index contributed by atoms with van der Waals surface area (Å²) in [6.45, 7) is 2.27. The molecule has 0 atom stereocenters. The van der Waals surface area contributed by atoms with Gasteiger partial charge in [-0.25, -0.2) is 0 Å². The van der Waals surface area contributed by atoms with Crippen LogP contribution in [0.15, 0.2) is 36.4 Å². The Morgan fingerprint density at radius 2 is 2.04 bits per heavy atom. The first-order chi connectivity index (χ1) is 12.4. The minimum atomic E-state index is -0.524. The minimum absolute atomic E-state index is 0.105. The fraction of sp³-hybridized carbons (Fsp3) is 0.278. The Morgan fingerprint density at radius 1 is 1.27 bits per heavy atom. The molecule has 0 heterocycles. The molecular formula is C18H19ClN2O5. The van der Waals surface area contributed by atoms with Crippen LogP contribution >= 0.6 is 11.6 Å². The van der Waals surface area contributed by atoms with Gasteiger partial charge in [0.05, 0.1) is 30.4 Å². The number of nitro groups is 1. The smallest absolute Gasteiger partial charge is 0.273 e. The summed E-state index contributed by atoms with van der Waals surface area (Å²) < 4.78 is 10.7. The van der Waals surface area contributed by atoms with Crippen LogP contribution in [0.4, 0.5) is 11.4 Å². The van der Waals surface area contributed by atoms with Crippen LogP contribution in [0.5, 0.6) is 11.5 Å². The first kappa shape index (κ1) is 19.5. The molecule has 0 aliphatic heterocycles. The fourth-order valence-electron chi connectivity index (χ4n) is 2.24. The molecule has 2 rings (SSSR count). The molecular weight excluding hydrogens is 360 g/mol. The monoisotopic (exact) mass is 378 g/mol. The van der Waals surface area contributed by atoms with Crippen molar-refractivity contribution >= 4 is 28.9 Å². The lowest BCUT2D eigenvalue weighted by Gasteiger charge is -2.10. The number of carbonyl (C=O) groups excluding carboxylic acids is 1. The largest absolute Gasteiger partial charge is 0.494 e. The average molecular weight is 379 g/mol. The second-order valence-electron chi connectivity index (χ2n) is 5.55. The van der Waals surface area contributed by atoms with Crippen molar-refractivity contribution in [2.45, 2.75) is 19.8 Å². The molecule has 8 heteroatoms. The first-order valence-corrected chi connectivity index (χ1v) is 8.29. The van der Waals surface area contributed by atoms with Gasteiger partial charge in [-0.2, -0.15) is 0 Å². The van der Waals surface area contributed by atoms with Gasteiger partial charge in [0.2, 0.25) is 5.91 Å². The van der Waals surface area contributed by atoms with Crippen molar-refractivity contribution in [1.29, 1.82) is 0 Å². The van der Waals surface area contributed by atoms with E-state index in [2.05, 4.69) is 5.32 Å². The van der Waals surface area contributed by atoms with Gasteiger partial charge in [-0.15, -0.1) is 0 Å². The summed E-state index contributed by atoms with van der Waals surface area (Å²) in [6.07, 6.45) is 0.759. The maximum atomic E-state index is 12.0. The van der Waals surface area contributed by atoms with Crippen molar-refractivity contribution in [1.82, 2.24) is 0 Å². The van der Waals surface area contributed by atoms with Crippen molar-refractivity contribution in [2.24, 2.45) is 0 Å². The molecule has 2 aromatic carbocycles. The standard InChI is InChI=1S/C18H19ClN2O5/c1-12-10-14(6-7-15(12)19)26-9-3-4-18(22)20-16-8-5-13(21(23)24)11-17(16)25-2/h5-8,10-11H,3-4,9H2,1-2H3,(H,20,22). The number of carbonyl (C=O) groups is 1. The van der Waals surface area contributed by atoms with Crippen molar-refractivity contribution in [3.05, 3.63) is 57.1 Å². The molecule has 0 aliphatic carbocycles. The van der Waals surface area contributed by atoms with Gasteiger partial charge < -0.3 is 14.8 Å². The van der Waals surface area contributed by atoms with Crippen LogP contribution in [0.2, 0.25) is 5.02 Å². The van der Waals surface area contributed by atoms with Crippen LogP contribution in [0.1, 0.15) is 18.4 Å². The zero-order valence-electron chi connectivity index (χ0n) is 14.5. The van der Waals surface area contributed by atoms with Gasteiger partial charge in [-0.1, -0.05) is 11.6 Å². The molecule has 138 valence electrons. The number of methoxy groups -OCH3 is 1. The lowest BCUT2D eigenvalue weighted by atomic mass is 10.2. The van der Waals surface area contributed by atoms with E-state index in [4.69, 9.17) is 21.1 Å². The molecule has 1 amide bonds. The van der Waals surface area contributed by atoms with E-state index >= 15 is 0 Å². The van der Waals surface area contributed by atoms with Gasteiger partial charge in [0.15, 0.2) is 0 Å². The summed E-state index contributed by atoms with van der Waals surface area (Å²) in [5.74, 6) is 0.706. The molecule has 26 heavy (non-hydrogen) atoms. The Morgan fingerprint density at radius 3 is 2.69 bits per heavy atom. The number of nitrogens with one attached hydrogen (secondary N) is 1. The number of hydrogen-bond acceptors (Lipinski definition) is 5. The molecule has 0 fully saturated rings. The molecule has 0 unspecified atom stereocenters. The number of halogens is 1. The maximum absolute atomic E-state index is 12.0. The zero-order valence-corrected chi connectivity index (χ0v) is 15.2. The Labute approximate surface area is 156 Å². The highest BCUT2D eigenvalue weighted by molar-refractivity contribution is 6.31. The topological polar surface area (TPSA) is 90.7 Å². The molecule has 0 bridgehead atoms. The van der Waals surface area contributed by atoms with E-state index in [-0.39, 0.29) is 23.8 Å². The van der Waals surface area contributed by atoms with Crippen molar-refractivity contribution < 1.29 is 19.2 Å². The molecule has 0 saturated carbocycles. The number of ether oxygens (including phenoxy) is 2. The summed E-state index contributed by atoms with van der Waals surface area (Å²) in [5, 5.41) is 14.1. The summed E-state index contributed by atoms with van der Waals surface area (Å²) in [6, 6.07) is 9.40. The lowest BCUT2D eigenvalue weighted by Crippen LogP contribution is -2.13. The number of benzene rings is 2. The summed E-state index contributed by atoms with van der Waals surface area (Å²) in [4.78, 5) is 22.3. The van der Waals surface area contributed by atoms with E-state index in [1.165, 1.54) is 25.3 Å². The molecule has 0 spiro atoms. The summed E-state index contributed by atoms with van der Waals surface area (Å²) in [5.41, 5.74) is 1.20. The Kier molecular flexibility index (Phi) is 6.80. The number of aryl methyl sites for hydroxylation is 1. The predicted octanol–water partition coefficient (Wildman–Crippen LogP) is 4.36. The number of amides is 1. The minimum Gasteiger partial charge on any atom is -0.494 e. The predicted molar refractivity (Wildman–Crippen MR) is 99.2 cm³/mol. The van der Waals surface area contributed by atoms with E-state index in [0.717, 1.165) is 5.56 Å². The van der Waals surface area contributed by atoms with E-state index in [9.17, 15) is 14.9 Å². The van der Waals surface area contributed by atoms with E-state index in [1.807, 2.05) is 13.0 Å². The third-order valence-corrected chi connectivity index (χ3v) is 4.04. The SMILES string of the molecule is COc1cc([N+](=O)[O-])ccc1NC(=O)CCCOc1ccc(Cl)c(C)c1.